The third-order valence-electron chi connectivity index (χ3n) is 6.89. The van der Waals surface area contributed by atoms with Crippen LogP contribution in [0.15, 0.2) is 48.5 Å². The number of piperidine rings is 1. The molecule has 1 saturated heterocycles. The molecule has 8 heteroatoms. The number of likely N-dealkylation sites (tertiary alicyclic amines) is 1. The zero-order chi connectivity index (χ0) is 24.3. The molecule has 2 aromatic carbocycles. The Balaban J connectivity index is 1.35. The standard InChI is InChI=1S/C26H31N3O5/c1-17(24(32)28-26(15-23(30)31)11-13-29(2)14-12-26)27-25(33)34-16-22-20-9-5-3-7-18(20)19-8-4-6-10-21(19)22/h3-10,17,22H,11-16H2,1-2H3,(H,27,33)(H,28,32)(H,30,31)/t17-/m1/s1. The second kappa shape index (κ2) is 9.85. The molecule has 2 amide bonds. The third kappa shape index (κ3) is 5.07. The summed E-state index contributed by atoms with van der Waals surface area (Å²) in [5, 5.41) is 14.8. The van der Waals surface area contributed by atoms with Crippen molar-refractivity contribution in [2.75, 3.05) is 26.7 Å². The van der Waals surface area contributed by atoms with Crippen molar-refractivity contribution >= 4 is 18.0 Å². The topological polar surface area (TPSA) is 108 Å². The van der Waals surface area contributed by atoms with Crippen molar-refractivity contribution in [2.24, 2.45) is 0 Å². The second-order valence-corrected chi connectivity index (χ2v) is 9.33. The summed E-state index contributed by atoms with van der Waals surface area (Å²) in [6.07, 6.45) is 0.253. The van der Waals surface area contributed by atoms with E-state index in [-0.39, 0.29) is 18.9 Å². The predicted molar refractivity (Wildman–Crippen MR) is 128 cm³/mol. The van der Waals surface area contributed by atoms with Crippen LogP contribution in [0.25, 0.3) is 11.1 Å². The van der Waals surface area contributed by atoms with Gasteiger partial charge in [0.2, 0.25) is 5.91 Å². The first kappa shape index (κ1) is 23.8. The van der Waals surface area contributed by atoms with Gasteiger partial charge in [0.05, 0.1) is 12.0 Å². The van der Waals surface area contributed by atoms with E-state index in [0.717, 1.165) is 22.3 Å². The molecule has 2 aromatic rings. The van der Waals surface area contributed by atoms with Crippen LogP contribution in [0, 0.1) is 0 Å². The van der Waals surface area contributed by atoms with Crippen LogP contribution in [-0.4, -0.2) is 66.3 Å². The minimum absolute atomic E-state index is 0.0691. The molecule has 1 atom stereocenters. The highest BCUT2D eigenvalue weighted by Crippen LogP contribution is 2.44. The van der Waals surface area contributed by atoms with Crippen LogP contribution in [0.3, 0.4) is 0 Å². The third-order valence-corrected chi connectivity index (χ3v) is 6.89. The number of rotatable bonds is 7. The first-order chi connectivity index (χ1) is 16.3. The van der Waals surface area contributed by atoms with Gasteiger partial charge in [-0.05, 0) is 49.1 Å². The normalized spacial score (nSPS) is 17.8. The SMILES string of the molecule is C[C@@H](NC(=O)OCC1c2ccccc2-c2ccccc21)C(=O)NC1(CC(=O)O)CCN(C)CC1. The molecule has 4 rings (SSSR count). The van der Waals surface area contributed by atoms with Crippen molar-refractivity contribution < 1.29 is 24.2 Å². The van der Waals surface area contributed by atoms with Gasteiger partial charge in [-0.25, -0.2) is 4.79 Å². The van der Waals surface area contributed by atoms with E-state index < -0.39 is 29.6 Å². The summed E-state index contributed by atoms with van der Waals surface area (Å²) in [6.45, 7) is 3.12. The molecule has 3 N–H and O–H groups in total. The monoisotopic (exact) mass is 465 g/mol. The molecule has 0 spiro atoms. The van der Waals surface area contributed by atoms with E-state index in [4.69, 9.17) is 4.74 Å². The molecular formula is C26H31N3O5. The molecule has 0 unspecified atom stereocenters. The number of hydrogen-bond acceptors (Lipinski definition) is 5. The lowest BCUT2D eigenvalue weighted by molar-refractivity contribution is -0.140. The van der Waals surface area contributed by atoms with E-state index in [2.05, 4.69) is 27.7 Å². The Labute approximate surface area is 199 Å². The highest BCUT2D eigenvalue weighted by molar-refractivity contribution is 5.86. The minimum Gasteiger partial charge on any atom is -0.481 e. The molecule has 1 aliphatic heterocycles. The van der Waals surface area contributed by atoms with Crippen LogP contribution < -0.4 is 10.6 Å². The van der Waals surface area contributed by atoms with Gasteiger partial charge < -0.3 is 25.4 Å². The van der Waals surface area contributed by atoms with Gasteiger partial charge in [-0.3, -0.25) is 9.59 Å². The van der Waals surface area contributed by atoms with E-state index in [1.165, 1.54) is 0 Å². The summed E-state index contributed by atoms with van der Waals surface area (Å²) >= 11 is 0. The summed E-state index contributed by atoms with van der Waals surface area (Å²) in [5.41, 5.74) is 3.69. The average molecular weight is 466 g/mol. The zero-order valence-electron chi connectivity index (χ0n) is 19.5. The Morgan fingerprint density at radius 2 is 1.62 bits per heavy atom. The molecule has 1 heterocycles. The van der Waals surface area contributed by atoms with Crippen LogP contribution in [0.4, 0.5) is 4.79 Å². The van der Waals surface area contributed by atoms with Gasteiger partial charge >= 0.3 is 12.1 Å². The van der Waals surface area contributed by atoms with Gasteiger partial charge in [-0.15, -0.1) is 0 Å². The molecule has 2 aliphatic rings. The van der Waals surface area contributed by atoms with Gasteiger partial charge in [0.1, 0.15) is 12.6 Å². The Morgan fingerprint density at radius 1 is 1.06 bits per heavy atom. The van der Waals surface area contributed by atoms with Gasteiger partial charge in [0.15, 0.2) is 0 Å². The summed E-state index contributed by atoms with van der Waals surface area (Å²) in [7, 11) is 1.97. The number of benzene rings is 2. The van der Waals surface area contributed by atoms with Crippen LogP contribution in [-0.2, 0) is 14.3 Å². The fraction of sp³-hybridized carbons (Fsp3) is 0.423. The van der Waals surface area contributed by atoms with Crippen molar-refractivity contribution in [1.82, 2.24) is 15.5 Å². The molecule has 180 valence electrons. The van der Waals surface area contributed by atoms with Crippen LogP contribution in [0.5, 0.6) is 0 Å². The van der Waals surface area contributed by atoms with Crippen molar-refractivity contribution in [3.8, 4) is 11.1 Å². The van der Waals surface area contributed by atoms with E-state index in [9.17, 15) is 19.5 Å². The zero-order valence-corrected chi connectivity index (χ0v) is 19.5. The lowest BCUT2D eigenvalue weighted by Crippen LogP contribution is -2.59. The minimum atomic E-state index is -0.956. The Bertz CT molecular complexity index is 1030. The predicted octanol–water partition coefficient (Wildman–Crippen LogP) is 2.97. The average Bonchev–Trinajstić information content (AvgIpc) is 3.13. The molecule has 8 nitrogen and oxygen atoms in total. The molecule has 34 heavy (non-hydrogen) atoms. The number of amides is 2. The first-order valence-corrected chi connectivity index (χ1v) is 11.6. The number of carbonyl (C=O) groups is 3. The largest absolute Gasteiger partial charge is 0.481 e. The van der Waals surface area contributed by atoms with Crippen LogP contribution in [0.1, 0.15) is 43.2 Å². The molecule has 0 bridgehead atoms. The number of fused-ring (bicyclic) bond motifs is 3. The summed E-state index contributed by atoms with van der Waals surface area (Å²) in [6, 6.07) is 15.3. The molecule has 0 saturated carbocycles. The van der Waals surface area contributed by atoms with Gasteiger partial charge in [-0.1, -0.05) is 48.5 Å². The van der Waals surface area contributed by atoms with Crippen molar-refractivity contribution in [2.45, 2.75) is 43.7 Å². The molecule has 1 aliphatic carbocycles. The Hall–Kier alpha value is -3.39. The number of nitrogens with zero attached hydrogens (tertiary/aromatic N) is 1. The van der Waals surface area contributed by atoms with E-state index in [1.807, 2.05) is 43.4 Å². The Kier molecular flexibility index (Phi) is 6.88. The lowest BCUT2D eigenvalue weighted by Gasteiger charge is -2.41. The second-order valence-electron chi connectivity index (χ2n) is 9.33. The molecule has 0 aromatic heterocycles. The maximum atomic E-state index is 12.8. The fourth-order valence-electron chi connectivity index (χ4n) is 4.93. The highest BCUT2D eigenvalue weighted by atomic mass is 16.5. The first-order valence-electron chi connectivity index (χ1n) is 11.6. The number of alkyl carbamates (subject to hydrolysis) is 1. The van der Waals surface area contributed by atoms with Crippen LogP contribution in [0.2, 0.25) is 0 Å². The number of ether oxygens (including phenoxy) is 1. The van der Waals surface area contributed by atoms with E-state index in [1.54, 1.807) is 6.92 Å². The number of nitrogens with one attached hydrogen (secondary N) is 2. The van der Waals surface area contributed by atoms with Crippen LogP contribution >= 0.6 is 0 Å². The molecular weight excluding hydrogens is 434 g/mol. The maximum absolute atomic E-state index is 12.8. The fourth-order valence-corrected chi connectivity index (χ4v) is 4.93. The lowest BCUT2D eigenvalue weighted by atomic mass is 9.84. The van der Waals surface area contributed by atoms with E-state index in [0.29, 0.717) is 25.9 Å². The summed E-state index contributed by atoms with van der Waals surface area (Å²) < 4.78 is 5.52. The number of hydrogen-bond donors (Lipinski definition) is 3. The van der Waals surface area contributed by atoms with Crippen molar-refractivity contribution in [3.63, 3.8) is 0 Å². The van der Waals surface area contributed by atoms with Crippen molar-refractivity contribution in [3.05, 3.63) is 59.7 Å². The van der Waals surface area contributed by atoms with Crippen molar-refractivity contribution in [1.29, 1.82) is 0 Å². The van der Waals surface area contributed by atoms with Gasteiger partial charge in [0.25, 0.3) is 0 Å². The van der Waals surface area contributed by atoms with Gasteiger partial charge in [-0.2, -0.15) is 0 Å². The number of aliphatic carboxylic acids is 1. The molecule has 0 radical (unpaired) electrons. The molecule has 1 fully saturated rings. The summed E-state index contributed by atoms with van der Waals surface area (Å²) in [5.74, 6) is -1.44. The van der Waals surface area contributed by atoms with Gasteiger partial charge in [0, 0.05) is 19.0 Å². The number of carboxylic acid groups (broad SMARTS) is 1. The Morgan fingerprint density at radius 3 is 2.18 bits per heavy atom. The number of carbonyl (C=O) groups excluding carboxylic acids is 2. The smallest absolute Gasteiger partial charge is 0.407 e. The number of carboxylic acids is 1. The highest BCUT2D eigenvalue weighted by Gasteiger charge is 2.38. The summed E-state index contributed by atoms with van der Waals surface area (Å²) in [4.78, 5) is 38.8. The maximum Gasteiger partial charge on any atom is 0.407 e. The quantitative estimate of drug-likeness (QED) is 0.580. The van der Waals surface area contributed by atoms with E-state index >= 15 is 0 Å².